The molecule has 1 amide bonds. The Morgan fingerprint density at radius 3 is 2.71 bits per heavy atom. The van der Waals surface area contributed by atoms with E-state index in [2.05, 4.69) is 5.32 Å². The van der Waals surface area contributed by atoms with Gasteiger partial charge in [0.05, 0.1) is 13.7 Å². The van der Waals surface area contributed by atoms with Gasteiger partial charge in [0.1, 0.15) is 11.9 Å². The molecule has 0 radical (unpaired) electrons. The van der Waals surface area contributed by atoms with E-state index in [4.69, 9.17) is 14.2 Å². The van der Waals surface area contributed by atoms with Crippen LogP contribution in [0.2, 0.25) is 0 Å². The second kappa shape index (κ2) is 6.03. The molecule has 1 aliphatic heterocycles. The van der Waals surface area contributed by atoms with Gasteiger partial charge in [0.15, 0.2) is 5.79 Å². The minimum absolute atomic E-state index is 0.0506. The van der Waals surface area contributed by atoms with E-state index >= 15 is 0 Å². The molecular formula is C16H21NO4. The van der Waals surface area contributed by atoms with Gasteiger partial charge in [-0.05, 0) is 37.1 Å². The van der Waals surface area contributed by atoms with E-state index in [1.165, 1.54) is 0 Å². The number of ether oxygens (including phenoxy) is 3. The second-order valence-corrected chi connectivity index (χ2v) is 5.61. The molecule has 1 unspecified atom stereocenters. The predicted molar refractivity (Wildman–Crippen MR) is 77.4 cm³/mol. The molecule has 2 fully saturated rings. The molecule has 114 valence electrons. The molecule has 5 nitrogen and oxygen atoms in total. The van der Waals surface area contributed by atoms with Crippen molar-refractivity contribution in [3.8, 4) is 5.75 Å². The Morgan fingerprint density at radius 2 is 2.05 bits per heavy atom. The zero-order valence-electron chi connectivity index (χ0n) is 12.3. The molecule has 1 saturated carbocycles. The Balaban J connectivity index is 1.49. The summed E-state index contributed by atoms with van der Waals surface area (Å²) in [6.45, 7) is 1.04. The second-order valence-electron chi connectivity index (χ2n) is 5.61. The van der Waals surface area contributed by atoms with Crippen molar-refractivity contribution in [2.75, 3.05) is 20.3 Å². The van der Waals surface area contributed by atoms with Crippen molar-refractivity contribution in [3.63, 3.8) is 0 Å². The van der Waals surface area contributed by atoms with Crippen LogP contribution in [-0.4, -0.2) is 38.1 Å². The van der Waals surface area contributed by atoms with Crippen molar-refractivity contribution in [2.24, 2.45) is 0 Å². The maximum atomic E-state index is 12.1. The van der Waals surface area contributed by atoms with Crippen LogP contribution in [0.5, 0.6) is 5.75 Å². The summed E-state index contributed by atoms with van der Waals surface area (Å²) in [4.78, 5) is 12.1. The van der Waals surface area contributed by atoms with E-state index in [1.54, 1.807) is 31.4 Å². The van der Waals surface area contributed by atoms with E-state index in [0.717, 1.165) is 31.4 Å². The zero-order valence-corrected chi connectivity index (χ0v) is 12.3. The molecule has 21 heavy (non-hydrogen) atoms. The van der Waals surface area contributed by atoms with Crippen LogP contribution in [0.25, 0.3) is 0 Å². The maximum absolute atomic E-state index is 12.1. The van der Waals surface area contributed by atoms with Gasteiger partial charge in [-0.25, -0.2) is 0 Å². The first-order chi connectivity index (χ1) is 10.2. The number of methoxy groups -OCH3 is 1. The van der Waals surface area contributed by atoms with Gasteiger partial charge in [-0.2, -0.15) is 0 Å². The topological polar surface area (TPSA) is 56.8 Å². The van der Waals surface area contributed by atoms with Crippen LogP contribution in [0.3, 0.4) is 0 Å². The highest BCUT2D eigenvalue weighted by Gasteiger charge is 2.43. The Morgan fingerprint density at radius 1 is 1.33 bits per heavy atom. The standard InChI is InChI=1S/C16H21NO4/c1-19-13-6-4-12(5-7-13)15(18)17-10-14-11-20-16(21-14)8-2-3-9-16/h4-7,14H,2-3,8-11H2,1H3,(H,17,18). The first-order valence-corrected chi connectivity index (χ1v) is 7.45. The third-order valence-electron chi connectivity index (χ3n) is 4.12. The van der Waals surface area contributed by atoms with Crippen LogP contribution < -0.4 is 10.1 Å². The number of nitrogens with one attached hydrogen (secondary N) is 1. The number of benzene rings is 1. The van der Waals surface area contributed by atoms with Gasteiger partial charge in [0, 0.05) is 24.9 Å². The van der Waals surface area contributed by atoms with E-state index in [1.807, 2.05) is 0 Å². The van der Waals surface area contributed by atoms with E-state index in [0.29, 0.717) is 18.7 Å². The molecule has 1 heterocycles. The lowest BCUT2D eigenvalue weighted by Gasteiger charge is -2.21. The van der Waals surface area contributed by atoms with E-state index in [-0.39, 0.29) is 17.8 Å². The molecule has 0 bridgehead atoms. The average molecular weight is 291 g/mol. The van der Waals surface area contributed by atoms with Crippen molar-refractivity contribution in [1.29, 1.82) is 0 Å². The van der Waals surface area contributed by atoms with Gasteiger partial charge in [-0.15, -0.1) is 0 Å². The number of hydrogen-bond acceptors (Lipinski definition) is 4. The number of hydrogen-bond donors (Lipinski definition) is 1. The molecule has 5 heteroatoms. The van der Waals surface area contributed by atoms with Crippen LogP contribution in [0.15, 0.2) is 24.3 Å². The molecule has 1 atom stereocenters. The Kier molecular flexibility index (Phi) is 4.12. The molecule has 1 N–H and O–H groups in total. The highest BCUT2D eigenvalue weighted by Crippen LogP contribution is 2.38. The van der Waals surface area contributed by atoms with Crippen LogP contribution in [0.4, 0.5) is 0 Å². The van der Waals surface area contributed by atoms with Gasteiger partial charge >= 0.3 is 0 Å². The fourth-order valence-electron chi connectivity index (χ4n) is 2.94. The predicted octanol–water partition coefficient (Wildman–Crippen LogP) is 2.11. The SMILES string of the molecule is COc1ccc(C(=O)NCC2COC3(CCCC3)O2)cc1. The third-order valence-corrected chi connectivity index (χ3v) is 4.12. The van der Waals surface area contributed by atoms with Crippen molar-refractivity contribution >= 4 is 5.91 Å². The largest absolute Gasteiger partial charge is 0.497 e. The smallest absolute Gasteiger partial charge is 0.251 e. The first-order valence-electron chi connectivity index (χ1n) is 7.45. The monoisotopic (exact) mass is 291 g/mol. The normalized spacial score (nSPS) is 23.4. The van der Waals surface area contributed by atoms with Gasteiger partial charge in [-0.3, -0.25) is 4.79 Å². The molecule has 1 spiro atoms. The van der Waals surface area contributed by atoms with Crippen LogP contribution >= 0.6 is 0 Å². The van der Waals surface area contributed by atoms with Gasteiger partial charge in [0.2, 0.25) is 0 Å². The fraction of sp³-hybridized carbons (Fsp3) is 0.562. The lowest BCUT2D eigenvalue weighted by molar-refractivity contribution is -0.161. The van der Waals surface area contributed by atoms with Gasteiger partial charge < -0.3 is 19.5 Å². The number of rotatable bonds is 4. The number of carbonyl (C=O) groups excluding carboxylic acids is 1. The Bertz CT molecular complexity index is 494. The average Bonchev–Trinajstić information content (AvgIpc) is 3.15. The summed E-state index contributed by atoms with van der Waals surface area (Å²) in [7, 11) is 1.60. The minimum atomic E-state index is -0.366. The van der Waals surface area contributed by atoms with E-state index in [9.17, 15) is 4.79 Å². The zero-order chi connectivity index (χ0) is 14.7. The highest BCUT2D eigenvalue weighted by atomic mass is 16.7. The molecule has 2 aliphatic rings. The van der Waals surface area contributed by atoms with Crippen molar-refractivity contribution < 1.29 is 19.0 Å². The maximum Gasteiger partial charge on any atom is 0.251 e. The molecule has 1 aromatic rings. The summed E-state index contributed by atoms with van der Waals surface area (Å²) in [6, 6.07) is 7.05. The van der Waals surface area contributed by atoms with Crippen LogP contribution in [-0.2, 0) is 9.47 Å². The van der Waals surface area contributed by atoms with Crippen molar-refractivity contribution in [2.45, 2.75) is 37.6 Å². The van der Waals surface area contributed by atoms with Gasteiger partial charge in [0.25, 0.3) is 5.91 Å². The molecular weight excluding hydrogens is 270 g/mol. The summed E-state index contributed by atoms with van der Waals surface area (Å²) in [5.74, 6) is 0.270. The van der Waals surface area contributed by atoms with Crippen molar-refractivity contribution in [3.05, 3.63) is 29.8 Å². The Hall–Kier alpha value is -1.59. The van der Waals surface area contributed by atoms with E-state index < -0.39 is 0 Å². The first kappa shape index (κ1) is 14.4. The van der Waals surface area contributed by atoms with Crippen molar-refractivity contribution in [1.82, 2.24) is 5.32 Å². The summed E-state index contributed by atoms with van der Waals surface area (Å²) < 4.78 is 16.8. The van der Waals surface area contributed by atoms with Crippen LogP contribution in [0.1, 0.15) is 36.0 Å². The minimum Gasteiger partial charge on any atom is -0.497 e. The number of amides is 1. The van der Waals surface area contributed by atoms with Crippen LogP contribution in [0, 0.1) is 0 Å². The molecule has 1 aromatic carbocycles. The van der Waals surface area contributed by atoms with Gasteiger partial charge in [-0.1, -0.05) is 0 Å². The summed E-state index contributed by atoms with van der Waals surface area (Å²) >= 11 is 0. The molecule has 0 aromatic heterocycles. The third kappa shape index (κ3) is 3.19. The molecule has 1 saturated heterocycles. The lowest BCUT2D eigenvalue weighted by Crippen LogP contribution is -2.35. The fourth-order valence-corrected chi connectivity index (χ4v) is 2.94. The summed E-state index contributed by atoms with van der Waals surface area (Å²) in [5, 5.41) is 2.90. The Labute approximate surface area is 124 Å². The molecule has 1 aliphatic carbocycles. The quantitative estimate of drug-likeness (QED) is 0.923. The summed E-state index contributed by atoms with van der Waals surface area (Å²) in [5.41, 5.74) is 0.616. The lowest BCUT2D eigenvalue weighted by atomic mass is 10.2. The summed E-state index contributed by atoms with van der Waals surface area (Å²) in [6.07, 6.45) is 4.20. The highest BCUT2D eigenvalue weighted by molar-refractivity contribution is 5.94. The number of carbonyl (C=O) groups is 1. The molecule has 3 rings (SSSR count).